The van der Waals surface area contributed by atoms with Crippen LogP contribution in [0, 0.1) is 5.92 Å². The van der Waals surface area contributed by atoms with E-state index >= 15 is 0 Å². The third-order valence-electron chi connectivity index (χ3n) is 7.47. The van der Waals surface area contributed by atoms with Gasteiger partial charge in [-0.15, -0.1) is 0 Å². The summed E-state index contributed by atoms with van der Waals surface area (Å²) >= 11 is 0. The van der Waals surface area contributed by atoms with Gasteiger partial charge in [0.05, 0.1) is 6.04 Å². The summed E-state index contributed by atoms with van der Waals surface area (Å²) in [6.07, 6.45) is 4.19. The van der Waals surface area contributed by atoms with Gasteiger partial charge in [-0.2, -0.15) is 0 Å². The zero-order valence-electron chi connectivity index (χ0n) is 17.0. The highest BCUT2D eigenvalue weighted by Crippen LogP contribution is 2.48. The largest absolute Gasteiger partial charge is 0.454 e. The van der Waals surface area contributed by atoms with E-state index in [-0.39, 0.29) is 18.7 Å². The van der Waals surface area contributed by atoms with Crippen LogP contribution in [0.4, 0.5) is 0 Å². The quantitative estimate of drug-likeness (QED) is 0.784. The minimum absolute atomic E-state index is 0.151. The highest BCUT2D eigenvalue weighted by atomic mass is 16.7. The highest BCUT2D eigenvalue weighted by molar-refractivity contribution is 5.95. The Bertz CT molecular complexity index is 994. The minimum Gasteiger partial charge on any atom is -0.454 e. The van der Waals surface area contributed by atoms with Crippen molar-refractivity contribution < 1.29 is 14.3 Å². The number of benzene rings is 2. The summed E-state index contributed by atoms with van der Waals surface area (Å²) in [5.74, 6) is 2.68. The first-order chi connectivity index (χ1) is 14.7. The lowest BCUT2D eigenvalue weighted by Gasteiger charge is -2.51. The van der Waals surface area contributed by atoms with Crippen molar-refractivity contribution in [3.63, 3.8) is 0 Å². The number of hydrogen-bond acceptors (Lipinski definition) is 4. The summed E-state index contributed by atoms with van der Waals surface area (Å²) in [5.41, 5.74) is 3.05. The molecule has 30 heavy (non-hydrogen) atoms. The summed E-state index contributed by atoms with van der Waals surface area (Å²) in [6, 6.07) is 14.8. The Balaban J connectivity index is 1.36. The fourth-order valence-electron chi connectivity index (χ4n) is 6.02. The average molecular weight is 402 g/mol. The number of rotatable bonds is 3. The van der Waals surface area contributed by atoms with E-state index in [9.17, 15) is 4.79 Å². The Hall–Kier alpha value is -2.79. The van der Waals surface area contributed by atoms with Crippen LogP contribution in [0.2, 0.25) is 0 Å². The van der Waals surface area contributed by atoms with E-state index in [4.69, 9.17) is 9.47 Å². The van der Waals surface area contributed by atoms with Crippen LogP contribution in [0.25, 0.3) is 6.08 Å². The molecule has 7 rings (SSSR count). The van der Waals surface area contributed by atoms with Crippen molar-refractivity contribution in [2.75, 3.05) is 26.4 Å². The van der Waals surface area contributed by atoms with Crippen LogP contribution in [-0.2, 0) is 0 Å². The number of hydrogen-bond donors (Lipinski definition) is 0. The van der Waals surface area contributed by atoms with Crippen molar-refractivity contribution in [3.8, 4) is 11.5 Å². The van der Waals surface area contributed by atoms with Crippen LogP contribution in [-0.4, -0.2) is 54.2 Å². The molecule has 5 nitrogen and oxygen atoms in total. The molecule has 154 valence electrons. The number of amides is 1. The van der Waals surface area contributed by atoms with Crippen LogP contribution in [0.15, 0.2) is 49.0 Å². The van der Waals surface area contributed by atoms with Gasteiger partial charge < -0.3 is 14.4 Å². The summed E-state index contributed by atoms with van der Waals surface area (Å²) in [4.78, 5) is 18.4. The Morgan fingerprint density at radius 3 is 2.53 bits per heavy atom. The summed E-state index contributed by atoms with van der Waals surface area (Å²) in [6.45, 7) is 7.14. The molecule has 0 aliphatic carbocycles. The van der Waals surface area contributed by atoms with Crippen molar-refractivity contribution in [1.29, 1.82) is 0 Å². The number of carbonyl (C=O) groups excluding carboxylic acids is 1. The molecule has 2 aromatic rings. The first-order valence-corrected chi connectivity index (χ1v) is 10.9. The van der Waals surface area contributed by atoms with E-state index in [1.807, 2.05) is 36.4 Å². The molecule has 0 spiro atoms. The second-order valence-corrected chi connectivity index (χ2v) is 8.86. The molecular formula is C25H26N2O3. The van der Waals surface area contributed by atoms with E-state index < -0.39 is 0 Å². The van der Waals surface area contributed by atoms with E-state index in [0.717, 1.165) is 42.3 Å². The van der Waals surface area contributed by atoms with Crippen molar-refractivity contribution in [1.82, 2.24) is 9.80 Å². The molecule has 2 aromatic carbocycles. The molecular weight excluding hydrogens is 376 g/mol. The zero-order valence-corrected chi connectivity index (χ0v) is 17.0. The number of likely N-dealkylation sites (tertiary alicyclic amines) is 1. The second kappa shape index (κ2) is 6.88. The van der Waals surface area contributed by atoms with E-state index in [2.05, 4.69) is 28.5 Å². The van der Waals surface area contributed by atoms with E-state index in [0.29, 0.717) is 17.9 Å². The van der Waals surface area contributed by atoms with Crippen LogP contribution >= 0.6 is 0 Å². The van der Waals surface area contributed by atoms with Gasteiger partial charge in [0.2, 0.25) is 6.79 Å². The van der Waals surface area contributed by atoms with Gasteiger partial charge in [-0.3, -0.25) is 9.69 Å². The number of fused-ring (bicyclic) bond motifs is 3. The van der Waals surface area contributed by atoms with Gasteiger partial charge in [-0.05, 0) is 67.2 Å². The minimum atomic E-state index is 0.151. The van der Waals surface area contributed by atoms with Gasteiger partial charge in [0.15, 0.2) is 11.5 Å². The lowest BCUT2D eigenvalue weighted by atomic mass is 9.75. The van der Waals surface area contributed by atoms with Gasteiger partial charge in [0, 0.05) is 24.1 Å². The molecule has 0 saturated carbocycles. The first-order valence-electron chi connectivity index (χ1n) is 10.9. The van der Waals surface area contributed by atoms with Crippen LogP contribution in [0.3, 0.4) is 0 Å². The number of carbonyl (C=O) groups is 1. The number of piperidine rings is 3. The maximum Gasteiger partial charge on any atom is 0.254 e. The zero-order chi connectivity index (χ0) is 20.2. The highest BCUT2D eigenvalue weighted by Gasteiger charge is 2.54. The molecule has 5 aliphatic heterocycles. The van der Waals surface area contributed by atoms with Gasteiger partial charge in [-0.1, -0.05) is 30.9 Å². The molecule has 0 aromatic heterocycles. The van der Waals surface area contributed by atoms with Crippen LogP contribution in [0.5, 0.6) is 11.5 Å². The smallest absolute Gasteiger partial charge is 0.254 e. The fourth-order valence-corrected chi connectivity index (χ4v) is 6.02. The van der Waals surface area contributed by atoms with E-state index in [1.165, 1.54) is 18.4 Å². The Morgan fingerprint density at radius 2 is 1.77 bits per heavy atom. The third-order valence-corrected chi connectivity index (χ3v) is 7.47. The third kappa shape index (κ3) is 2.68. The monoisotopic (exact) mass is 402 g/mol. The normalized spacial score (nSPS) is 30.9. The van der Waals surface area contributed by atoms with Gasteiger partial charge in [-0.25, -0.2) is 0 Å². The summed E-state index contributed by atoms with van der Waals surface area (Å²) in [5, 5.41) is 0. The summed E-state index contributed by atoms with van der Waals surface area (Å²) in [7, 11) is 0. The Morgan fingerprint density at radius 1 is 1.00 bits per heavy atom. The predicted molar refractivity (Wildman–Crippen MR) is 115 cm³/mol. The number of ether oxygens (including phenoxy) is 2. The molecule has 1 amide bonds. The molecule has 5 aliphatic rings. The van der Waals surface area contributed by atoms with Crippen molar-refractivity contribution >= 4 is 12.0 Å². The van der Waals surface area contributed by atoms with E-state index in [1.54, 1.807) is 0 Å². The fraction of sp³-hybridized carbons (Fsp3) is 0.400. The molecule has 0 radical (unpaired) electrons. The van der Waals surface area contributed by atoms with Crippen LogP contribution < -0.4 is 9.47 Å². The molecule has 4 fully saturated rings. The topological polar surface area (TPSA) is 42.0 Å². The predicted octanol–water partition coefficient (Wildman–Crippen LogP) is 3.76. The molecule has 3 atom stereocenters. The lowest BCUT2D eigenvalue weighted by molar-refractivity contribution is -0.00341. The second-order valence-electron chi connectivity index (χ2n) is 8.86. The van der Waals surface area contributed by atoms with Gasteiger partial charge in [0.1, 0.15) is 0 Å². The van der Waals surface area contributed by atoms with Crippen molar-refractivity contribution in [3.05, 3.63) is 65.7 Å². The lowest BCUT2D eigenvalue weighted by Crippen LogP contribution is -2.60. The molecule has 5 heterocycles. The molecule has 5 heteroatoms. The van der Waals surface area contributed by atoms with Gasteiger partial charge in [0.25, 0.3) is 5.91 Å². The summed E-state index contributed by atoms with van der Waals surface area (Å²) < 4.78 is 11.1. The molecule has 2 bridgehead atoms. The molecule has 0 N–H and O–H groups in total. The average Bonchev–Trinajstić information content (AvgIpc) is 3.45. The standard InChI is InChI=1S/C25H26N2O3/c1-2-16-3-5-18(6-4-16)25(28)27-14-20(19-7-8-21-22(13-19)30-15-29-21)24-23(27)17-9-11-26(24)12-10-17/h2-8,13,17,20,23-24H,1,9-12,14-15H2/t20-,23+,24+/m1/s1. The van der Waals surface area contributed by atoms with Crippen molar-refractivity contribution in [2.24, 2.45) is 5.92 Å². The van der Waals surface area contributed by atoms with Gasteiger partial charge >= 0.3 is 0 Å². The number of nitrogens with zero attached hydrogens (tertiary/aromatic N) is 2. The van der Waals surface area contributed by atoms with Crippen molar-refractivity contribution in [2.45, 2.75) is 30.8 Å². The Labute approximate surface area is 176 Å². The molecule has 0 unspecified atom stereocenters. The maximum absolute atomic E-state index is 13.6. The Kier molecular flexibility index (Phi) is 4.13. The van der Waals surface area contributed by atoms with Crippen LogP contribution in [0.1, 0.15) is 40.2 Å². The molecule has 4 saturated heterocycles. The SMILES string of the molecule is C=Cc1ccc(C(=O)N2C[C@H](c3ccc4c(c3)OCO4)[C@H]3[C@@H]2C2CCN3CC2)cc1. The first kappa shape index (κ1) is 18.0. The maximum atomic E-state index is 13.6.